The molecular weight excluding hydrogens is 390 g/mol. The Morgan fingerprint density at radius 3 is 2.67 bits per heavy atom. The Balaban J connectivity index is 1.52. The largest absolute Gasteiger partial charge is 0.330 e. The highest BCUT2D eigenvalue weighted by atomic mass is 32.2. The Labute approximate surface area is 163 Å². The maximum atomic E-state index is 13.5. The molecular formula is C18H16F2N4OS2. The third-order valence-corrected chi connectivity index (χ3v) is 5.52. The Bertz CT molecular complexity index is 931. The zero-order chi connectivity index (χ0) is 19.2. The monoisotopic (exact) mass is 406 g/mol. The molecule has 9 heteroatoms. The number of nitrogens with zero attached hydrogens (tertiary/aromatic N) is 2. The van der Waals surface area contributed by atoms with Crippen molar-refractivity contribution in [2.24, 2.45) is 0 Å². The summed E-state index contributed by atoms with van der Waals surface area (Å²) < 4.78 is 27.3. The second-order valence-electron chi connectivity index (χ2n) is 5.51. The first-order valence-corrected chi connectivity index (χ1v) is 9.91. The van der Waals surface area contributed by atoms with Crippen LogP contribution in [0.15, 0.2) is 46.8 Å². The highest BCUT2D eigenvalue weighted by molar-refractivity contribution is 8.01. The normalized spacial score (nSPS) is 10.6. The molecule has 0 unspecified atom stereocenters. The van der Waals surface area contributed by atoms with Crippen molar-refractivity contribution in [2.45, 2.75) is 17.7 Å². The van der Waals surface area contributed by atoms with Crippen molar-refractivity contribution in [3.63, 3.8) is 0 Å². The fraction of sp³-hybridized carbons (Fsp3) is 0.167. The average Bonchev–Trinajstić information content (AvgIpc) is 3.11. The van der Waals surface area contributed by atoms with Crippen LogP contribution in [-0.4, -0.2) is 21.9 Å². The van der Waals surface area contributed by atoms with E-state index in [0.29, 0.717) is 9.47 Å². The molecule has 0 aliphatic heterocycles. The molecule has 1 heterocycles. The van der Waals surface area contributed by atoms with Gasteiger partial charge in [0.15, 0.2) is 4.34 Å². The topological polar surface area (TPSA) is 66.9 Å². The number of carbonyl (C=O) groups excluding carboxylic acids is 1. The van der Waals surface area contributed by atoms with Crippen LogP contribution < -0.4 is 10.6 Å². The first-order valence-electron chi connectivity index (χ1n) is 8.10. The average molecular weight is 406 g/mol. The zero-order valence-corrected chi connectivity index (χ0v) is 16.0. The van der Waals surface area contributed by atoms with E-state index >= 15 is 0 Å². The van der Waals surface area contributed by atoms with Gasteiger partial charge in [-0.05, 0) is 36.2 Å². The van der Waals surface area contributed by atoms with Gasteiger partial charge in [-0.2, -0.15) is 0 Å². The van der Waals surface area contributed by atoms with Gasteiger partial charge >= 0.3 is 0 Å². The van der Waals surface area contributed by atoms with Crippen LogP contribution in [0.25, 0.3) is 0 Å². The molecule has 0 radical (unpaired) electrons. The van der Waals surface area contributed by atoms with Crippen molar-refractivity contribution >= 4 is 45.5 Å². The zero-order valence-electron chi connectivity index (χ0n) is 14.3. The highest BCUT2D eigenvalue weighted by Crippen LogP contribution is 2.28. The lowest BCUT2D eigenvalue weighted by atomic mass is 10.1. The lowest BCUT2D eigenvalue weighted by Crippen LogP contribution is -2.15. The van der Waals surface area contributed by atoms with E-state index in [1.54, 1.807) is 0 Å². The summed E-state index contributed by atoms with van der Waals surface area (Å²) in [5.74, 6) is -1.75. The first-order chi connectivity index (χ1) is 13.0. The number of carbonyl (C=O) groups is 1. The summed E-state index contributed by atoms with van der Waals surface area (Å²) in [5.41, 5.74) is 1.96. The molecule has 5 nitrogen and oxygen atoms in total. The molecule has 1 aromatic heterocycles. The molecule has 0 saturated carbocycles. The second kappa shape index (κ2) is 8.92. The van der Waals surface area contributed by atoms with Crippen molar-refractivity contribution in [2.75, 3.05) is 16.4 Å². The number of thioether (sulfide) groups is 1. The number of aryl methyl sites for hydroxylation is 1. The van der Waals surface area contributed by atoms with Gasteiger partial charge in [0.1, 0.15) is 11.6 Å². The third-order valence-electron chi connectivity index (χ3n) is 3.55. The number of benzene rings is 2. The molecule has 27 heavy (non-hydrogen) atoms. The van der Waals surface area contributed by atoms with Crippen molar-refractivity contribution in [3.8, 4) is 0 Å². The molecule has 0 fully saturated rings. The van der Waals surface area contributed by atoms with Crippen LogP contribution in [0, 0.1) is 11.6 Å². The smallest absolute Gasteiger partial charge is 0.234 e. The molecule has 0 atom stereocenters. The van der Waals surface area contributed by atoms with E-state index in [0.717, 1.165) is 30.3 Å². The van der Waals surface area contributed by atoms with Crippen molar-refractivity contribution in [3.05, 3.63) is 59.7 Å². The summed E-state index contributed by atoms with van der Waals surface area (Å²) in [7, 11) is 0. The molecule has 3 aromatic rings. The fourth-order valence-electron chi connectivity index (χ4n) is 2.17. The van der Waals surface area contributed by atoms with Gasteiger partial charge in [0.25, 0.3) is 0 Å². The minimum Gasteiger partial charge on any atom is -0.330 e. The Morgan fingerprint density at radius 2 is 1.93 bits per heavy atom. The van der Waals surface area contributed by atoms with Gasteiger partial charge in [-0.3, -0.25) is 4.79 Å². The van der Waals surface area contributed by atoms with Gasteiger partial charge in [-0.15, -0.1) is 10.2 Å². The van der Waals surface area contributed by atoms with Gasteiger partial charge < -0.3 is 10.6 Å². The van der Waals surface area contributed by atoms with Crippen LogP contribution in [0.5, 0.6) is 0 Å². The maximum Gasteiger partial charge on any atom is 0.234 e. The molecule has 2 N–H and O–H groups in total. The molecule has 0 saturated heterocycles. The highest BCUT2D eigenvalue weighted by Gasteiger charge is 2.11. The van der Waals surface area contributed by atoms with E-state index < -0.39 is 17.5 Å². The number of halogens is 2. The lowest BCUT2D eigenvalue weighted by molar-refractivity contribution is -0.113. The Hall–Kier alpha value is -2.52. The van der Waals surface area contributed by atoms with E-state index in [9.17, 15) is 13.6 Å². The van der Waals surface area contributed by atoms with E-state index in [2.05, 4.69) is 27.8 Å². The fourth-order valence-corrected chi connectivity index (χ4v) is 3.74. The van der Waals surface area contributed by atoms with Crippen molar-refractivity contribution in [1.29, 1.82) is 0 Å². The van der Waals surface area contributed by atoms with Gasteiger partial charge in [-0.1, -0.05) is 42.2 Å². The van der Waals surface area contributed by atoms with Gasteiger partial charge in [-0.25, -0.2) is 8.78 Å². The summed E-state index contributed by atoms with van der Waals surface area (Å²) in [6, 6.07) is 10.9. The van der Waals surface area contributed by atoms with Crippen molar-refractivity contribution in [1.82, 2.24) is 10.2 Å². The number of aromatic nitrogens is 2. The van der Waals surface area contributed by atoms with Gasteiger partial charge in [0.05, 0.1) is 11.4 Å². The molecule has 1 amide bonds. The van der Waals surface area contributed by atoms with E-state index in [1.807, 2.05) is 24.3 Å². The Kier molecular flexibility index (Phi) is 6.36. The molecule has 0 spiro atoms. The molecule has 3 rings (SSSR count). The number of hydrogen-bond acceptors (Lipinski definition) is 6. The van der Waals surface area contributed by atoms with Crippen LogP contribution in [0.4, 0.5) is 25.3 Å². The summed E-state index contributed by atoms with van der Waals surface area (Å²) in [6.45, 7) is 2.09. The quantitative estimate of drug-likeness (QED) is 0.549. The molecule has 140 valence electrons. The number of rotatable bonds is 7. The van der Waals surface area contributed by atoms with Crippen LogP contribution >= 0.6 is 23.1 Å². The SMILES string of the molecule is CCc1ccc(Nc2nnc(SCC(=O)Nc3cc(F)ccc3F)s2)cc1. The minimum atomic E-state index is -0.689. The minimum absolute atomic E-state index is 0.00971. The molecule has 0 aliphatic rings. The first kappa shape index (κ1) is 19.2. The number of nitrogens with one attached hydrogen (secondary N) is 2. The van der Waals surface area contributed by atoms with E-state index in [-0.39, 0.29) is 11.4 Å². The predicted octanol–water partition coefficient (Wildman–Crippen LogP) is 4.85. The number of hydrogen-bond donors (Lipinski definition) is 2. The maximum absolute atomic E-state index is 13.5. The molecule has 0 aliphatic carbocycles. The predicted molar refractivity (Wildman–Crippen MR) is 105 cm³/mol. The van der Waals surface area contributed by atoms with E-state index in [4.69, 9.17) is 0 Å². The van der Waals surface area contributed by atoms with Crippen LogP contribution in [0.1, 0.15) is 12.5 Å². The summed E-state index contributed by atoms with van der Waals surface area (Å²) >= 11 is 2.48. The molecule has 2 aromatic carbocycles. The molecule has 0 bridgehead atoms. The number of amides is 1. The van der Waals surface area contributed by atoms with Crippen LogP contribution in [0.3, 0.4) is 0 Å². The third kappa shape index (κ3) is 5.48. The second-order valence-corrected chi connectivity index (χ2v) is 7.71. The van der Waals surface area contributed by atoms with Gasteiger partial charge in [0, 0.05) is 11.8 Å². The summed E-state index contributed by atoms with van der Waals surface area (Å²) in [6.07, 6.45) is 0.974. The lowest BCUT2D eigenvalue weighted by Gasteiger charge is -2.05. The van der Waals surface area contributed by atoms with Crippen LogP contribution in [-0.2, 0) is 11.2 Å². The van der Waals surface area contributed by atoms with Crippen LogP contribution in [0.2, 0.25) is 0 Å². The summed E-state index contributed by atoms with van der Waals surface area (Å²) in [4.78, 5) is 11.9. The standard InChI is InChI=1S/C18H16F2N4OS2/c1-2-11-3-6-13(7-4-11)21-17-23-24-18(27-17)26-10-16(25)22-15-9-12(19)5-8-14(15)20/h3-9H,2,10H2,1H3,(H,21,23)(H,22,25). The number of anilines is 3. The van der Waals surface area contributed by atoms with Crippen molar-refractivity contribution < 1.29 is 13.6 Å². The van der Waals surface area contributed by atoms with E-state index in [1.165, 1.54) is 28.7 Å². The summed E-state index contributed by atoms with van der Waals surface area (Å²) in [5, 5.41) is 14.2. The Morgan fingerprint density at radius 1 is 1.15 bits per heavy atom. The van der Waals surface area contributed by atoms with Gasteiger partial charge in [0.2, 0.25) is 11.0 Å².